The van der Waals surface area contributed by atoms with Crippen LogP contribution >= 0.6 is 0 Å². The summed E-state index contributed by atoms with van der Waals surface area (Å²) in [7, 11) is 0. The van der Waals surface area contributed by atoms with Crippen molar-refractivity contribution >= 4 is 17.8 Å². The second kappa shape index (κ2) is 15.0. The van der Waals surface area contributed by atoms with Crippen LogP contribution in [0.25, 0.3) is 0 Å². The van der Waals surface area contributed by atoms with Crippen LogP contribution in [0.3, 0.4) is 0 Å². The number of carbonyl (C=O) groups excluding carboxylic acids is 3. The quantitative estimate of drug-likeness (QED) is 0.283. The molecule has 39 heavy (non-hydrogen) atoms. The molecule has 3 rings (SSSR count). The number of fused-ring (bicyclic) bond motifs is 1. The fraction of sp³-hybridized carbons (Fsp3) is 0.406. The molecule has 0 bridgehead atoms. The molecule has 0 saturated carbocycles. The molecule has 7 heteroatoms. The van der Waals surface area contributed by atoms with E-state index in [2.05, 4.69) is 18.5 Å². The molecule has 208 valence electrons. The predicted octanol–water partition coefficient (Wildman–Crippen LogP) is 4.00. The number of esters is 1. The monoisotopic (exact) mass is 532 g/mol. The third-order valence-electron chi connectivity index (χ3n) is 7.10. The van der Waals surface area contributed by atoms with Crippen LogP contribution in [-0.2, 0) is 38.5 Å². The van der Waals surface area contributed by atoms with Crippen LogP contribution in [0, 0.1) is 11.8 Å². The standard InChI is InChI=1S/C32H40N2O5/c1-4-11-26(19-30(36)34-20-28-16-10-9-15-25(28)18-29(34)21-35)31(37)33-23(3)22-39-32(38)27(12-5-2)17-24-13-7-6-8-14-24/h4-10,13-16,23,26-27,29,35H,1-2,11-12,17-22H2,3H3,(H,33,37)/t23-,26+,27+,29-/m0/s1. The van der Waals surface area contributed by atoms with Gasteiger partial charge in [-0.3, -0.25) is 14.4 Å². The van der Waals surface area contributed by atoms with Gasteiger partial charge in [-0.15, -0.1) is 13.2 Å². The number of aliphatic hydroxyl groups excluding tert-OH is 1. The number of aliphatic hydroxyl groups is 1. The van der Waals surface area contributed by atoms with Crippen molar-refractivity contribution in [1.29, 1.82) is 0 Å². The number of rotatable bonds is 14. The summed E-state index contributed by atoms with van der Waals surface area (Å²) in [4.78, 5) is 40.8. The molecule has 7 nitrogen and oxygen atoms in total. The summed E-state index contributed by atoms with van der Waals surface area (Å²) in [5.41, 5.74) is 3.22. The van der Waals surface area contributed by atoms with E-state index in [0.29, 0.717) is 32.2 Å². The molecule has 1 heterocycles. The molecule has 0 fully saturated rings. The first-order valence-corrected chi connectivity index (χ1v) is 13.6. The van der Waals surface area contributed by atoms with Crippen LogP contribution in [0.15, 0.2) is 79.9 Å². The number of nitrogens with one attached hydrogen (secondary N) is 1. The van der Waals surface area contributed by atoms with Gasteiger partial charge in [0.2, 0.25) is 11.8 Å². The first kappa shape index (κ1) is 29.8. The van der Waals surface area contributed by atoms with Gasteiger partial charge in [0.15, 0.2) is 0 Å². The van der Waals surface area contributed by atoms with Crippen molar-refractivity contribution in [3.8, 4) is 0 Å². The van der Waals surface area contributed by atoms with E-state index < -0.39 is 12.0 Å². The first-order chi connectivity index (χ1) is 18.9. The van der Waals surface area contributed by atoms with Crippen molar-refractivity contribution in [3.63, 3.8) is 0 Å². The number of amides is 2. The van der Waals surface area contributed by atoms with Crippen molar-refractivity contribution < 1.29 is 24.2 Å². The molecule has 1 aliphatic rings. The number of benzene rings is 2. The number of allylic oxidation sites excluding steroid dienone is 2. The van der Waals surface area contributed by atoms with Gasteiger partial charge in [-0.05, 0) is 49.3 Å². The molecule has 0 saturated heterocycles. The maximum Gasteiger partial charge on any atom is 0.309 e. The van der Waals surface area contributed by atoms with Gasteiger partial charge in [-0.1, -0.05) is 66.7 Å². The van der Waals surface area contributed by atoms with Crippen molar-refractivity contribution in [2.24, 2.45) is 11.8 Å². The maximum atomic E-state index is 13.3. The highest BCUT2D eigenvalue weighted by Crippen LogP contribution is 2.25. The summed E-state index contributed by atoms with van der Waals surface area (Å²) >= 11 is 0. The van der Waals surface area contributed by atoms with Gasteiger partial charge in [-0.25, -0.2) is 0 Å². The van der Waals surface area contributed by atoms with Crippen LogP contribution in [-0.4, -0.2) is 53.1 Å². The topological polar surface area (TPSA) is 95.9 Å². The highest BCUT2D eigenvalue weighted by atomic mass is 16.5. The highest BCUT2D eigenvalue weighted by Gasteiger charge is 2.32. The lowest BCUT2D eigenvalue weighted by molar-refractivity contribution is -0.149. The lowest BCUT2D eigenvalue weighted by Crippen LogP contribution is -2.48. The normalized spacial score (nSPS) is 16.8. The first-order valence-electron chi connectivity index (χ1n) is 13.6. The molecule has 0 spiro atoms. The Balaban J connectivity index is 1.54. The Morgan fingerprint density at radius 1 is 1.03 bits per heavy atom. The van der Waals surface area contributed by atoms with E-state index in [1.54, 1.807) is 24.0 Å². The molecule has 0 aliphatic carbocycles. The van der Waals surface area contributed by atoms with Gasteiger partial charge in [0.1, 0.15) is 6.61 Å². The molecule has 2 aromatic carbocycles. The second-order valence-corrected chi connectivity index (χ2v) is 10.2. The Hall–Kier alpha value is -3.71. The summed E-state index contributed by atoms with van der Waals surface area (Å²) in [5.74, 6) is -1.78. The fourth-order valence-electron chi connectivity index (χ4n) is 4.94. The number of ether oxygens (including phenoxy) is 1. The van der Waals surface area contributed by atoms with E-state index in [0.717, 1.165) is 16.7 Å². The van der Waals surface area contributed by atoms with Gasteiger partial charge in [0.05, 0.1) is 30.5 Å². The van der Waals surface area contributed by atoms with E-state index in [-0.39, 0.29) is 49.4 Å². The number of hydrogen-bond donors (Lipinski definition) is 2. The highest BCUT2D eigenvalue weighted by molar-refractivity contribution is 5.86. The van der Waals surface area contributed by atoms with E-state index in [4.69, 9.17) is 4.74 Å². The van der Waals surface area contributed by atoms with E-state index in [1.807, 2.05) is 54.6 Å². The van der Waals surface area contributed by atoms with Gasteiger partial charge in [-0.2, -0.15) is 0 Å². The Labute approximate surface area is 231 Å². The van der Waals surface area contributed by atoms with Gasteiger partial charge >= 0.3 is 5.97 Å². The zero-order valence-corrected chi connectivity index (χ0v) is 22.8. The van der Waals surface area contributed by atoms with Crippen molar-refractivity contribution in [2.45, 2.75) is 57.7 Å². The van der Waals surface area contributed by atoms with Gasteiger partial charge < -0.3 is 20.1 Å². The van der Waals surface area contributed by atoms with Gasteiger partial charge in [0.25, 0.3) is 0 Å². The molecule has 4 atom stereocenters. The summed E-state index contributed by atoms with van der Waals surface area (Å²) < 4.78 is 5.54. The Kier molecular flexibility index (Phi) is 11.5. The van der Waals surface area contributed by atoms with Crippen LogP contribution in [0.5, 0.6) is 0 Å². The Morgan fingerprint density at radius 3 is 2.33 bits per heavy atom. The predicted molar refractivity (Wildman–Crippen MR) is 152 cm³/mol. The molecular formula is C32H40N2O5. The number of hydrogen-bond acceptors (Lipinski definition) is 5. The lowest BCUT2D eigenvalue weighted by atomic mass is 9.92. The lowest BCUT2D eigenvalue weighted by Gasteiger charge is -2.36. The fourth-order valence-corrected chi connectivity index (χ4v) is 4.94. The molecule has 2 N–H and O–H groups in total. The summed E-state index contributed by atoms with van der Waals surface area (Å²) in [6.45, 7) is 9.56. The largest absolute Gasteiger partial charge is 0.463 e. The number of nitrogens with zero attached hydrogens (tertiary/aromatic N) is 1. The van der Waals surface area contributed by atoms with Crippen LogP contribution < -0.4 is 5.32 Å². The van der Waals surface area contributed by atoms with Gasteiger partial charge in [0, 0.05) is 13.0 Å². The Morgan fingerprint density at radius 2 is 1.67 bits per heavy atom. The average molecular weight is 533 g/mol. The van der Waals surface area contributed by atoms with Crippen LogP contribution in [0.4, 0.5) is 0 Å². The Bertz CT molecular complexity index is 1130. The summed E-state index contributed by atoms with van der Waals surface area (Å²) in [5, 5.41) is 12.8. The smallest absolute Gasteiger partial charge is 0.309 e. The number of carbonyl (C=O) groups is 3. The third-order valence-corrected chi connectivity index (χ3v) is 7.10. The molecule has 2 amide bonds. The summed E-state index contributed by atoms with van der Waals surface area (Å²) in [6, 6.07) is 16.9. The van der Waals surface area contributed by atoms with Crippen LogP contribution in [0.1, 0.15) is 42.9 Å². The maximum absolute atomic E-state index is 13.3. The zero-order chi connectivity index (χ0) is 28.2. The molecule has 1 aliphatic heterocycles. The molecule has 0 radical (unpaired) electrons. The summed E-state index contributed by atoms with van der Waals surface area (Å²) in [6.07, 6.45) is 5.29. The third kappa shape index (κ3) is 8.65. The minimum atomic E-state index is -0.615. The van der Waals surface area contributed by atoms with Crippen LogP contribution in [0.2, 0.25) is 0 Å². The van der Waals surface area contributed by atoms with E-state index in [9.17, 15) is 19.5 Å². The van der Waals surface area contributed by atoms with Crippen molar-refractivity contribution in [1.82, 2.24) is 10.2 Å². The molecule has 0 aromatic heterocycles. The SMILES string of the molecule is C=CC[C@H](CC(=O)N1Cc2ccccc2C[C@H]1CO)C(=O)N[C@@H](C)COC(=O)[C@H](CC=C)Cc1ccccc1. The van der Waals surface area contributed by atoms with E-state index >= 15 is 0 Å². The zero-order valence-electron chi connectivity index (χ0n) is 22.8. The minimum Gasteiger partial charge on any atom is -0.463 e. The average Bonchev–Trinajstić information content (AvgIpc) is 2.95. The minimum absolute atomic E-state index is 0.00150. The van der Waals surface area contributed by atoms with Crippen molar-refractivity contribution in [2.75, 3.05) is 13.2 Å². The molecule has 2 aromatic rings. The molecule has 0 unspecified atom stereocenters. The van der Waals surface area contributed by atoms with E-state index in [1.165, 1.54) is 0 Å². The second-order valence-electron chi connectivity index (χ2n) is 10.2. The van der Waals surface area contributed by atoms with Crippen molar-refractivity contribution in [3.05, 3.63) is 96.6 Å². The molecular weight excluding hydrogens is 492 g/mol.